The number of hydrogen-bond donors (Lipinski definition) is 1. The van der Waals surface area contributed by atoms with Gasteiger partial charge in [0.2, 0.25) is 0 Å². The van der Waals surface area contributed by atoms with Gasteiger partial charge in [0, 0.05) is 10.0 Å². The first-order valence-electron chi connectivity index (χ1n) is 6.48. The molecule has 3 rings (SSSR count). The van der Waals surface area contributed by atoms with Crippen molar-refractivity contribution in [3.8, 4) is 5.75 Å². The number of nitrogens with zero attached hydrogens (tertiary/aromatic N) is 1. The Morgan fingerprint density at radius 1 is 1.13 bits per heavy atom. The molecule has 1 N–H and O–H groups in total. The lowest BCUT2D eigenvalue weighted by atomic mass is 10.2. The molecule has 0 unspecified atom stereocenters. The Morgan fingerprint density at radius 2 is 1.83 bits per heavy atom. The van der Waals surface area contributed by atoms with E-state index in [0.717, 1.165) is 0 Å². The van der Waals surface area contributed by atoms with E-state index in [1.807, 2.05) is 0 Å². The molecular formula is C16H9Cl2NO2S2. The highest BCUT2D eigenvalue weighted by molar-refractivity contribution is 8.27. The molecule has 0 radical (unpaired) electrons. The van der Waals surface area contributed by atoms with Gasteiger partial charge in [0.15, 0.2) is 4.32 Å². The molecule has 2 aromatic rings. The molecule has 0 aliphatic carbocycles. The van der Waals surface area contributed by atoms with Crippen LogP contribution in [0, 0.1) is 0 Å². The standard InChI is InChI=1S/C16H9Cl2NO2S2/c17-10-2-1-9(13(18)8-10)7-14-15(21)19(16(22)23-14)11-3-5-12(20)6-4-11/h1-8,20H/b14-7-. The van der Waals surface area contributed by atoms with Gasteiger partial charge in [0.1, 0.15) is 5.75 Å². The fourth-order valence-corrected chi connectivity index (χ4v) is 3.80. The molecule has 0 aromatic heterocycles. The van der Waals surface area contributed by atoms with Gasteiger partial charge in [-0.05, 0) is 48.0 Å². The molecule has 1 aliphatic rings. The monoisotopic (exact) mass is 381 g/mol. The van der Waals surface area contributed by atoms with Gasteiger partial charge in [-0.25, -0.2) is 0 Å². The summed E-state index contributed by atoms with van der Waals surface area (Å²) in [6.45, 7) is 0. The molecular weight excluding hydrogens is 373 g/mol. The van der Waals surface area contributed by atoms with Gasteiger partial charge >= 0.3 is 0 Å². The van der Waals surface area contributed by atoms with Crippen LogP contribution in [0.2, 0.25) is 10.0 Å². The molecule has 0 spiro atoms. The third kappa shape index (κ3) is 3.38. The molecule has 116 valence electrons. The summed E-state index contributed by atoms with van der Waals surface area (Å²) in [5.74, 6) is -0.0978. The summed E-state index contributed by atoms with van der Waals surface area (Å²) < 4.78 is 0.428. The van der Waals surface area contributed by atoms with Crippen LogP contribution in [0.1, 0.15) is 5.56 Å². The number of thioether (sulfide) groups is 1. The number of phenolic OH excluding ortho intramolecular Hbond substituents is 1. The molecule has 1 heterocycles. The van der Waals surface area contributed by atoms with Crippen molar-refractivity contribution < 1.29 is 9.90 Å². The summed E-state index contributed by atoms with van der Waals surface area (Å²) >= 11 is 18.5. The van der Waals surface area contributed by atoms with Crippen LogP contribution in [0.3, 0.4) is 0 Å². The Hall–Kier alpha value is -1.53. The molecule has 3 nitrogen and oxygen atoms in total. The van der Waals surface area contributed by atoms with Crippen LogP contribution >= 0.6 is 47.2 Å². The lowest BCUT2D eigenvalue weighted by Gasteiger charge is -2.14. The Morgan fingerprint density at radius 3 is 2.48 bits per heavy atom. The Bertz CT molecular complexity index is 834. The first-order valence-corrected chi connectivity index (χ1v) is 8.46. The van der Waals surface area contributed by atoms with Gasteiger partial charge in [-0.15, -0.1) is 0 Å². The zero-order valence-corrected chi connectivity index (χ0v) is 14.6. The average molecular weight is 382 g/mol. The molecule has 0 saturated carbocycles. The van der Waals surface area contributed by atoms with Crippen molar-refractivity contribution in [2.45, 2.75) is 0 Å². The van der Waals surface area contributed by atoms with E-state index in [1.165, 1.54) is 28.8 Å². The van der Waals surface area contributed by atoms with Crippen LogP contribution in [0.25, 0.3) is 6.08 Å². The minimum Gasteiger partial charge on any atom is -0.508 e. The van der Waals surface area contributed by atoms with Gasteiger partial charge in [0.05, 0.1) is 10.6 Å². The SMILES string of the molecule is O=C1/C(=C/c2ccc(Cl)cc2Cl)SC(=S)N1c1ccc(O)cc1. The summed E-state index contributed by atoms with van der Waals surface area (Å²) in [7, 11) is 0. The Labute approximate surface area is 152 Å². The highest BCUT2D eigenvalue weighted by Crippen LogP contribution is 2.37. The molecule has 0 atom stereocenters. The second-order valence-electron chi connectivity index (χ2n) is 4.70. The number of hydrogen-bond acceptors (Lipinski definition) is 4. The summed E-state index contributed by atoms with van der Waals surface area (Å²) in [6.07, 6.45) is 1.69. The number of anilines is 1. The van der Waals surface area contributed by atoms with Crippen LogP contribution in [-0.4, -0.2) is 15.3 Å². The predicted octanol–water partition coefficient (Wildman–Crippen LogP) is 5.10. The van der Waals surface area contributed by atoms with E-state index < -0.39 is 0 Å². The van der Waals surface area contributed by atoms with Crippen LogP contribution in [0.5, 0.6) is 5.75 Å². The van der Waals surface area contributed by atoms with Gasteiger partial charge in [-0.2, -0.15) is 0 Å². The molecule has 7 heteroatoms. The number of amides is 1. The minimum atomic E-state index is -0.225. The summed E-state index contributed by atoms with van der Waals surface area (Å²) in [5.41, 5.74) is 1.30. The molecule has 2 aromatic carbocycles. The molecule has 1 saturated heterocycles. The summed E-state index contributed by atoms with van der Waals surface area (Å²) in [5, 5.41) is 10.3. The quantitative estimate of drug-likeness (QED) is 0.579. The number of carbonyl (C=O) groups excluding carboxylic acids is 1. The first kappa shape index (κ1) is 16.3. The number of aromatic hydroxyl groups is 1. The molecule has 1 aliphatic heterocycles. The maximum atomic E-state index is 12.6. The molecule has 23 heavy (non-hydrogen) atoms. The van der Waals surface area contributed by atoms with Crippen molar-refractivity contribution in [2.75, 3.05) is 4.90 Å². The number of carbonyl (C=O) groups is 1. The Balaban J connectivity index is 1.94. The second-order valence-corrected chi connectivity index (χ2v) is 7.22. The van der Waals surface area contributed by atoms with Gasteiger partial charge in [0.25, 0.3) is 5.91 Å². The normalized spacial score (nSPS) is 16.4. The first-order chi connectivity index (χ1) is 11.0. The van der Waals surface area contributed by atoms with Crippen molar-refractivity contribution in [3.05, 3.63) is 63.0 Å². The van der Waals surface area contributed by atoms with Crippen molar-refractivity contribution in [3.63, 3.8) is 0 Å². The van der Waals surface area contributed by atoms with E-state index >= 15 is 0 Å². The predicted molar refractivity (Wildman–Crippen MR) is 100 cm³/mol. The van der Waals surface area contributed by atoms with Gasteiger partial charge in [-0.3, -0.25) is 9.69 Å². The van der Waals surface area contributed by atoms with Crippen molar-refractivity contribution >= 4 is 69.2 Å². The van der Waals surface area contributed by atoms with Crippen LogP contribution in [-0.2, 0) is 4.79 Å². The third-order valence-corrected chi connectivity index (χ3v) is 5.02. The molecule has 1 fully saturated rings. The van der Waals surface area contributed by atoms with Gasteiger partial charge < -0.3 is 5.11 Å². The topological polar surface area (TPSA) is 40.5 Å². The van der Waals surface area contributed by atoms with E-state index in [1.54, 1.807) is 36.4 Å². The van der Waals surface area contributed by atoms with E-state index in [9.17, 15) is 9.90 Å². The average Bonchev–Trinajstić information content (AvgIpc) is 2.78. The van der Waals surface area contributed by atoms with Crippen molar-refractivity contribution in [2.24, 2.45) is 0 Å². The smallest absolute Gasteiger partial charge is 0.270 e. The maximum Gasteiger partial charge on any atom is 0.270 e. The van der Waals surface area contributed by atoms with E-state index in [2.05, 4.69) is 0 Å². The third-order valence-electron chi connectivity index (χ3n) is 3.15. The number of benzene rings is 2. The molecule has 1 amide bonds. The fourth-order valence-electron chi connectivity index (χ4n) is 2.05. The number of halogens is 2. The summed E-state index contributed by atoms with van der Waals surface area (Å²) in [6, 6.07) is 11.4. The van der Waals surface area contributed by atoms with E-state index in [4.69, 9.17) is 35.4 Å². The minimum absolute atomic E-state index is 0.127. The number of phenols is 1. The summed E-state index contributed by atoms with van der Waals surface area (Å²) in [4.78, 5) is 14.5. The fraction of sp³-hybridized carbons (Fsp3) is 0. The zero-order chi connectivity index (χ0) is 16.6. The highest BCUT2D eigenvalue weighted by atomic mass is 35.5. The zero-order valence-electron chi connectivity index (χ0n) is 11.5. The van der Waals surface area contributed by atoms with E-state index in [-0.39, 0.29) is 11.7 Å². The lowest BCUT2D eigenvalue weighted by molar-refractivity contribution is -0.113. The van der Waals surface area contributed by atoms with Gasteiger partial charge in [-0.1, -0.05) is 53.2 Å². The van der Waals surface area contributed by atoms with Crippen LogP contribution in [0.4, 0.5) is 5.69 Å². The van der Waals surface area contributed by atoms with E-state index in [0.29, 0.717) is 30.5 Å². The Kier molecular flexibility index (Phi) is 4.64. The largest absolute Gasteiger partial charge is 0.508 e. The van der Waals surface area contributed by atoms with Crippen molar-refractivity contribution in [1.29, 1.82) is 0 Å². The highest BCUT2D eigenvalue weighted by Gasteiger charge is 2.33. The molecule has 0 bridgehead atoms. The van der Waals surface area contributed by atoms with Crippen LogP contribution < -0.4 is 4.90 Å². The second kappa shape index (κ2) is 6.53. The number of thiocarbonyl (C=S) groups is 1. The van der Waals surface area contributed by atoms with Crippen LogP contribution in [0.15, 0.2) is 47.4 Å². The number of rotatable bonds is 2. The van der Waals surface area contributed by atoms with Crippen molar-refractivity contribution in [1.82, 2.24) is 0 Å². The maximum absolute atomic E-state index is 12.6. The lowest BCUT2D eigenvalue weighted by Crippen LogP contribution is -2.27.